The monoisotopic (exact) mass is 247 g/mol. The van der Waals surface area contributed by atoms with Crippen LogP contribution in [0.4, 0.5) is 0 Å². The first-order chi connectivity index (χ1) is 8.70. The van der Waals surface area contributed by atoms with E-state index in [9.17, 15) is 9.90 Å². The highest BCUT2D eigenvalue weighted by molar-refractivity contribution is 5.29. The zero-order valence-corrected chi connectivity index (χ0v) is 9.69. The van der Waals surface area contributed by atoms with E-state index in [1.807, 2.05) is 4.57 Å². The summed E-state index contributed by atoms with van der Waals surface area (Å²) in [4.78, 5) is 15.8. The lowest BCUT2D eigenvalue weighted by Gasteiger charge is -2.16. The zero-order valence-electron chi connectivity index (χ0n) is 9.69. The second-order valence-corrected chi connectivity index (χ2v) is 5.05. The van der Waals surface area contributed by atoms with Crippen LogP contribution in [-0.4, -0.2) is 30.8 Å². The molecule has 1 N–H and O–H groups in total. The molecule has 94 valence electrons. The lowest BCUT2D eigenvalue weighted by atomic mass is 10.2. The van der Waals surface area contributed by atoms with Crippen LogP contribution in [0.3, 0.4) is 0 Å². The number of aromatic nitrogens is 3. The summed E-state index contributed by atoms with van der Waals surface area (Å²) in [5.41, 5.74) is -0.435. The van der Waals surface area contributed by atoms with E-state index >= 15 is 0 Å². The highest BCUT2D eigenvalue weighted by Crippen LogP contribution is 2.52. The number of hydrogen-bond acceptors (Lipinski definition) is 4. The van der Waals surface area contributed by atoms with Crippen LogP contribution in [0.5, 0.6) is 0 Å². The summed E-state index contributed by atoms with van der Waals surface area (Å²) in [5.74, 6) is 0.583. The number of ether oxygens (including phenoxy) is 1. The molecule has 0 aromatic carbocycles. The first-order valence-electron chi connectivity index (χ1n) is 6.10. The Bertz CT molecular complexity index is 677. The molecule has 2 aromatic heterocycles. The zero-order chi connectivity index (χ0) is 12.3. The average molecular weight is 247 g/mol. The summed E-state index contributed by atoms with van der Waals surface area (Å²) in [7, 11) is 0. The van der Waals surface area contributed by atoms with Crippen molar-refractivity contribution in [2.45, 2.75) is 37.2 Å². The number of imidazole rings is 1. The van der Waals surface area contributed by atoms with Crippen LogP contribution >= 0.6 is 0 Å². The van der Waals surface area contributed by atoms with Gasteiger partial charge in [0.2, 0.25) is 5.78 Å². The second-order valence-electron chi connectivity index (χ2n) is 5.05. The van der Waals surface area contributed by atoms with Gasteiger partial charge in [-0.15, -0.1) is 0 Å². The van der Waals surface area contributed by atoms with Crippen LogP contribution in [0.1, 0.15) is 25.5 Å². The van der Waals surface area contributed by atoms with Crippen molar-refractivity contribution in [1.82, 2.24) is 14.0 Å². The Labute approximate surface area is 102 Å². The molecule has 1 saturated heterocycles. The summed E-state index contributed by atoms with van der Waals surface area (Å²) in [5, 5.41) is 9.59. The fourth-order valence-corrected chi connectivity index (χ4v) is 2.79. The minimum Gasteiger partial charge on any atom is -0.390 e. The molecule has 0 bridgehead atoms. The van der Waals surface area contributed by atoms with Crippen LogP contribution in [0.15, 0.2) is 29.5 Å². The van der Waals surface area contributed by atoms with Crippen molar-refractivity contribution in [3.63, 3.8) is 0 Å². The first kappa shape index (κ1) is 10.3. The van der Waals surface area contributed by atoms with E-state index in [-0.39, 0.29) is 23.5 Å². The highest BCUT2D eigenvalue weighted by atomic mass is 16.6. The maximum Gasteiger partial charge on any atom is 0.258 e. The second kappa shape index (κ2) is 3.21. The molecule has 2 fully saturated rings. The van der Waals surface area contributed by atoms with Gasteiger partial charge >= 0.3 is 0 Å². The highest BCUT2D eigenvalue weighted by Gasteiger charge is 2.59. The molecule has 2 aliphatic rings. The molecule has 2 aromatic rings. The predicted molar refractivity (Wildman–Crippen MR) is 62.2 cm³/mol. The molecule has 0 radical (unpaired) electrons. The molecule has 6 heteroatoms. The Morgan fingerprint density at radius 3 is 3.06 bits per heavy atom. The topological polar surface area (TPSA) is 68.8 Å². The van der Waals surface area contributed by atoms with Gasteiger partial charge in [0.25, 0.3) is 5.56 Å². The van der Waals surface area contributed by atoms with Gasteiger partial charge in [-0.3, -0.25) is 13.8 Å². The fourth-order valence-electron chi connectivity index (χ4n) is 2.79. The van der Waals surface area contributed by atoms with Gasteiger partial charge in [0.1, 0.15) is 6.23 Å². The first-order valence-corrected chi connectivity index (χ1v) is 6.10. The van der Waals surface area contributed by atoms with Crippen LogP contribution in [-0.2, 0) is 4.74 Å². The molecule has 0 amide bonds. The Kier molecular flexibility index (Phi) is 1.83. The molecule has 3 atom stereocenters. The summed E-state index contributed by atoms with van der Waals surface area (Å²) in [6, 6.07) is 1.51. The van der Waals surface area contributed by atoms with Crippen molar-refractivity contribution < 1.29 is 9.84 Å². The number of hydrogen-bond donors (Lipinski definition) is 1. The minimum atomic E-state index is -0.336. The van der Waals surface area contributed by atoms with Crippen LogP contribution < -0.4 is 5.56 Å². The molecule has 1 aliphatic carbocycles. The summed E-state index contributed by atoms with van der Waals surface area (Å²) < 4.78 is 9.29. The summed E-state index contributed by atoms with van der Waals surface area (Å²) in [6.45, 7) is 0. The van der Waals surface area contributed by atoms with E-state index in [0.29, 0.717) is 12.2 Å². The van der Waals surface area contributed by atoms with Gasteiger partial charge in [0.15, 0.2) is 0 Å². The van der Waals surface area contributed by atoms with Crippen molar-refractivity contribution in [3.8, 4) is 0 Å². The SMILES string of the molecule is O=c1ccn([C@H]2CCC3(C[C@H]3O)O2)c2nccn12. The molecule has 18 heavy (non-hydrogen) atoms. The van der Waals surface area contributed by atoms with Crippen molar-refractivity contribution in [2.75, 3.05) is 0 Å². The van der Waals surface area contributed by atoms with E-state index in [1.54, 1.807) is 18.6 Å². The quantitative estimate of drug-likeness (QED) is 0.787. The minimum absolute atomic E-state index is 0.0992. The normalized spacial score (nSPS) is 34.5. The number of nitrogens with zero attached hydrogens (tertiary/aromatic N) is 3. The smallest absolute Gasteiger partial charge is 0.258 e. The van der Waals surface area contributed by atoms with Gasteiger partial charge in [-0.05, 0) is 12.8 Å². The third-order valence-electron chi connectivity index (χ3n) is 3.95. The van der Waals surface area contributed by atoms with Gasteiger partial charge < -0.3 is 9.84 Å². The van der Waals surface area contributed by atoms with Gasteiger partial charge in [0, 0.05) is 31.1 Å². The Hall–Kier alpha value is -1.66. The van der Waals surface area contributed by atoms with E-state index in [4.69, 9.17) is 4.74 Å². The molecule has 1 unspecified atom stereocenters. The van der Waals surface area contributed by atoms with Crippen molar-refractivity contribution >= 4 is 5.78 Å². The van der Waals surface area contributed by atoms with Gasteiger partial charge in [0.05, 0.1) is 11.7 Å². The molecule has 1 spiro atoms. The predicted octanol–water partition coefficient (Wildman–Crippen LogP) is 0.308. The molecule has 3 heterocycles. The van der Waals surface area contributed by atoms with Crippen molar-refractivity contribution in [3.05, 3.63) is 35.0 Å². The van der Waals surface area contributed by atoms with E-state index in [0.717, 1.165) is 12.8 Å². The largest absolute Gasteiger partial charge is 0.390 e. The van der Waals surface area contributed by atoms with Gasteiger partial charge in [-0.1, -0.05) is 0 Å². The van der Waals surface area contributed by atoms with Crippen LogP contribution in [0, 0.1) is 0 Å². The Morgan fingerprint density at radius 2 is 2.33 bits per heavy atom. The van der Waals surface area contributed by atoms with Gasteiger partial charge in [-0.2, -0.15) is 0 Å². The Morgan fingerprint density at radius 1 is 1.50 bits per heavy atom. The van der Waals surface area contributed by atoms with Crippen molar-refractivity contribution in [1.29, 1.82) is 0 Å². The number of rotatable bonds is 1. The number of fused-ring (bicyclic) bond motifs is 1. The molecule has 4 rings (SSSR count). The number of aliphatic hydroxyl groups excluding tert-OH is 1. The lowest BCUT2D eigenvalue weighted by molar-refractivity contribution is -0.0332. The summed E-state index contributed by atoms with van der Waals surface area (Å²) >= 11 is 0. The maximum absolute atomic E-state index is 11.6. The third-order valence-corrected chi connectivity index (χ3v) is 3.95. The molecule has 1 saturated carbocycles. The number of aliphatic hydroxyl groups is 1. The molecular weight excluding hydrogens is 234 g/mol. The van der Waals surface area contributed by atoms with E-state index in [2.05, 4.69) is 4.98 Å². The van der Waals surface area contributed by atoms with Gasteiger partial charge in [-0.25, -0.2) is 4.98 Å². The maximum atomic E-state index is 11.6. The molecular formula is C12H13N3O3. The van der Waals surface area contributed by atoms with Crippen LogP contribution in [0.25, 0.3) is 5.78 Å². The fraction of sp³-hybridized carbons (Fsp3) is 0.500. The molecule has 1 aliphatic heterocycles. The van der Waals surface area contributed by atoms with Crippen molar-refractivity contribution in [2.24, 2.45) is 0 Å². The molecule has 6 nitrogen and oxygen atoms in total. The van der Waals surface area contributed by atoms with E-state index in [1.165, 1.54) is 10.5 Å². The third kappa shape index (κ3) is 1.24. The Balaban J connectivity index is 1.78. The summed E-state index contributed by atoms with van der Waals surface area (Å²) in [6.07, 6.45) is 6.89. The standard InChI is InChI=1S/C12H13N3O3/c16-8-7-12(8)3-1-10(18-12)15-5-2-9(17)14-6-4-13-11(14)15/h2,4-6,8,10,16H,1,3,7H2/t8-,10-,12?/m1/s1. The average Bonchev–Trinajstić information content (AvgIpc) is 2.78. The lowest BCUT2D eigenvalue weighted by Crippen LogP contribution is -2.20. The van der Waals surface area contributed by atoms with Crippen LogP contribution in [0.2, 0.25) is 0 Å². The van der Waals surface area contributed by atoms with E-state index < -0.39 is 0 Å².